The summed E-state index contributed by atoms with van der Waals surface area (Å²) in [5.74, 6) is 0.724. The zero-order chi connectivity index (χ0) is 10.4. The van der Waals surface area contributed by atoms with Crippen molar-refractivity contribution in [3.8, 4) is 0 Å². The monoisotopic (exact) mass is 198 g/mol. The van der Waals surface area contributed by atoms with E-state index in [0.717, 1.165) is 19.0 Å². The van der Waals surface area contributed by atoms with Crippen LogP contribution < -0.4 is 11.1 Å². The zero-order valence-corrected chi connectivity index (χ0v) is 9.81. The lowest BCUT2D eigenvalue weighted by molar-refractivity contribution is 0.280. The van der Waals surface area contributed by atoms with E-state index in [1.54, 1.807) is 0 Å². The molecular formula is C12H26N2. The molecule has 0 spiro atoms. The van der Waals surface area contributed by atoms with Crippen molar-refractivity contribution in [2.75, 3.05) is 13.1 Å². The fraction of sp³-hybridized carbons (Fsp3) is 1.00. The van der Waals surface area contributed by atoms with Crippen LogP contribution in [-0.2, 0) is 0 Å². The van der Waals surface area contributed by atoms with E-state index >= 15 is 0 Å². The minimum absolute atomic E-state index is 0.265. The second-order valence-corrected chi connectivity index (χ2v) is 5.17. The van der Waals surface area contributed by atoms with Gasteiger partial charge < -0.3 is 11.1 Å². The molecule has 0 radical (unpaired) electrons. The predicted octanol–water partition coefficient (Wildman–Crippen LogP) is 2.28. The molecule has 2 heteroatoms. The topological polar surface area (TPSA) is 38.0 Å². The van der Waals surface area contributed by atoms with Gasteiger partial charge in [-0.25, -0.2) is 0 Å². The van der Waals surface area contributed by atoms with E-state index in [1.807, 2.05) is 0 Å². The molecule has 0 aliphatic heterocycles. The lowest BCUT2D eigenvalue weighted by Gasteiger charge is -2.33. The van der Waals surface area contributed by atoms with Gasteiger partial charge in [0.1, 0.15) is 0 Å². The minimum atomic E-state index is 0.265. The molecule has 0 unspecified atom stereocenters. The second-order valence-electron chi connectivity index (χ2n) is 5.17. The zero-order valence-electron chi connectivity index (χ0n) is 9.81. The Morgan fingerprint density at radius 1 is 1.14 bits per heavy atom. The van der Waals surface area contributed by atoms with Crippen LogP contribution in [-0.4, -0.2) is 18.6 Å². The van der Waals surface area contributed by atoms with Crippen molar-refractivity contribution in [1.82, 2.24) is 5.32 Å². The first-order chi connectivity index (χ1) is 6.68. The van der Waals surface area contributed by atoms with Crippen LogP contribution in [0.15, 0.2) is 0 Å². The smallest absolute Gasteiger partial charge is 0.0304 e. The minimum Gasteiger partial charge on any atom is -0.329 e. The van der Waals surface area contributed by atoms with Crippen molar-refractivity contribution < 1.29 is 0 Å². The molecule has 3 N–H and O–H groups in total. The highest BCUT2D eigenvalue weighted by molar-refractivity contribution is 4.90. The largest absolute Gasteiger partial charge is 0.329 e. The third-order valence-corrected chi connectivity index (χ3v) is 3.34. The number of rotatable bonds is 4. The van der Waals surface area contributed by atoms with Crippen LogP contribution in [0.2, 0.25) is 0 Å². The molecule has 0 aromatic heterocycles. The first kappa shape index (κ1) is 12.0. The third-order valence-electron chi connectivity index (χ3n) is 3.34. The summed E-state index contributed by atoms with van der Waals surface area (Å²) in [6.45, 7) is 6.43. The van der Waals surface area contributed by atoms with E-state index in [-0.39, 0.29) is 5.54 Å². The number of nitrogens with two attached hydrogens (primary N) is 1. The van der Waals surface area contributed by atoms with E-state index in [0.29, 0.717) is 0 Å². The van der Waals surface area contributed by atoms with E-state index in [9.17, 15) is 0 Å². The lowest BCUT2D eigenvalue weighted by Crippen LogP contribution is -2.51. The first-order valence-corrected chi connectivity index (χ1v) is 6.14. The second kappa shape index (κ2) is 5.72. The van der Waals surface area contributed by atoms with Gasteiger partial charge in [0.05, 0.1) is 0 Å². The van der Waals surface area contributed by atoms with Gasteiger partial charge in [-0.15, -0.1) is 0 Å². The van der Waals surface area contributed by atoms with Gasteiger partial charge in [-0.1, -0.05) is 39.5 Å². The van der Waals surface area contributed by atoms with Gasteiger partial charge in [0.2, 0.25) is 0 Å². The normalized spacial score (nSPS) is 22.3. The lowest BCUT2D eigenvalue weighted by atomic mass is 9.90. The molecule has 0 aromatic rings. The van der Waals surface area contributed by atoms with Gasteiger partial charge in [-0.05, 0) is 25.3 Å². The van der Waals surface area contributed by atoms with Crippen LogP contribution in [0.1, 0.15) is 52.4 Å². The SMILES string of the molecule is CC(C)CNC1(CN)CCCCCC1. The maximum Gasteiger partial charge on any atom is 0.0304 e. The Labute approximate surface area is 88.6 Å². The van der Waals surface area contributed by atoms with Gasteiger partial charge >= 0.3 is 0 Å². The Hall–Kier alpha value is -0.0800. The Morgan fingerprint density at radius 3 is 2.14 bits per heavy atom. The molecule has 0 bridgehead atoms. The van der Waals surface area contributed by atoms with Crippen LogP contribution in [0.5, 0.6) is 0 Å². The van der Waals surface area contributed by atoms with Crippen molar-refractivity contribution in [1.29, 1.82) is 0 Å². The van der Waals surface area contributed by atoms with Crippen LogP contribution in [0, 0.1) is 5.92 Å². The highest BCUT2D eigenvalue weighted by Gasteiger charge is 2.28. The van der Waals surface area contributed by atoms with Crippen LogP contribution in [0.25, 0.3) is 0 Å². The highest BCUT2D eigenvalue weighted by atomic mass is 15.0. The molecule has 84 valence electrons. The molecule has 1 aliphatic carbocycles. The molecule has 0 atom stereocenters. The quantitative estimate of drug-likeness (QED) is 0.680. The summed E-state index contributed by atoms with van der Waals surface area (Å²) >= 11 is 0. The van der Waals surface area contributed by atoms with E-state index in [4.69, 9.17) is 5.73 Å². The molecular weight excluding hydrogens is 172 g/mol. The molecule has 1 fully saturated rings. The molecule has 1 aliphatic rings. The summed E-state index contributed by atoms with van der Waals surface area (Å²) in [6, 6.07) is 0. The third kappa shape index (κ3) is 3.58. The molecule has 2 nitrogen and oxygen atoms in total. The van der Waals surface area contributed by atoms with Crippen molar-refractivity contribution in [3.63, 3.8) is 0 Å². The molecule has 0 aromatic carbocycles. The van der Waals surface area contributed by atoms with E-state index in [2.05, 4.69) is 19.2 Å². The molecule has 0 saturated heterocycles. The Bertz CT molecular complexity index is 146. The van der Waals surface area contributed by atoms with Gasteiger partial charge in [0, 0.05) is 12.1 Å². The Balaban J connectivity index is 2.45. The maximum atomic E-state index is 5.93. The number of hydrogen-bond donors (Lipinski definition) is 2. The van der Waals surface area contributed by atoms with E-state index < -0.39 is 0 Å². The molecule has 0 amide bonds. The molecule has 0 heterocycles. The predicted molar refractivity (Wildman–Crippen MR) is 62.3 cm³/mol. The van der Waals surface area contributed by atoms with Gasteiger partial charge in [0.25, 0.3) is 0 Å². The van der Waals surface area contributed by atoms with Crippen molar-refractivity contribution in [2.24, 2.45) is 11.7 Å². The highest BCUT2D eigenvalue weighted by Crippen LogP contribution is 2.26. The standard InChI is InChI=1S/C12H26N2/c1-11(2)9-14-12(10-13)7-5-3-4-6-8-12/h11,14H,3-10,13H2,1-2H3. The van der Waals surface area contributed by atoms with Crippen molar-refractivity contribution in [2.45, 2.75) is 57.9 Å². The fourth-order valence-corrected chi connectivity index (χ4v) is 2.28. The summed E-state index contributed by atoms with van der Waals surface area (Å²) < 4.78 is 0. The average molecular weight is 198 g/mol. The Morgan fingerprint density at radius 2 is 1.71 bits per heavy atom. The number of hydrogen-bond acceptors (Lipinski definition) is 2. The van der Waals surface area contributed by atoms with Crippen LogP contribution in [0.3, 0.4) is 0 Å². The summed E-state index contributed by atoms with van der Waals surface area (Å²) in [5, 5.41) is 3.70. The van der Waals surface area contributed by atoms with Gasteiger partial charge in [-0.3, -0.25) is 0 Å². The summed E-state index contributed by atoms with van der Waals surface area (Å²) in [7, 11) is 0. The molecule has 1 saturated carbocycles. The van der Waals surface area contributed by atoms with Gasteiger partial charge in [-0.2, -0.15) is 0 Å². The fourth-order valence-electron chi connectivity index (χ4n) is 2.28. The van der Waals surface area contributed by atoms with E-state index in [1.165, 1.54) is 38.5 Å². The summed E-state index contributed by atoms with van der Waals surface area (Å²) in [4.78, 5) is 0. The summed E-state index contributed by atoms with van der Waals surface area (Å²) in [6.07, 6.45) is 8.03. The first-order valence-electron chi connectivity index (χ1n) is 6.14. The number of nitrogens with one attached hydrogen (secondary N) is 1. The van der Waals surface area contributed by atoms with Crippen LogP contribution >= 0.6 is 0 Å². The molecule has 1 rings (SSSR count). The van der Waals surface area contributed by atoms with Crippen LogP contribution in [0.4, 0.5) is 0 Å². The maximum absolute atomic E-state index is 5.93. The molecule has 14 heavy (non-hydrogen) atoms. The average Bonchev–Trinajstić information content (AvgIpc) is 2.41. The van der Waals surface area contributed by atoms with Crippen molar-refractivity contribution in [3.05, 3.63) is 0 Å². The Kier molecular flexibility index (Phi) is 4.90. The van der Waals surface area contributed by atoms with Crippen molar-refractivity contribution >= 4 is 0 Å². The summed E-state index contributed by atoms with van der Waals surface area (Å²) in [5.41, 5.74) is 6.20. The van der Waals surface area contributed by atoms with Gasteiger partial charge in [0.15, 0.2) is 0 Å².